The Bertz CT molecular complexity index is 1020. The smallest absolute Gasteiger partial charge is 0.340 e. The first kappa shape index (κ1) is 24.6. The van der Waals surface area contributed by atoms with Crippen molar-refractivity contribution in [1.29, 1.82) is 0 Å². The lowest BCUT2D eigenvalue weighted by Gasteiger charge is -2.19. The van der Waals surface area contributed by atoms with Gasteiger partial charge < -0.3 is 9.64 Å². The van der Waals surface area contributed by atoms with Crippen molar-refractivity contribution in [3.63, 3.8) is 0 Å². The van der Waals surface area contributed by atoms with Crippen molar-refractivity contribution >= 4 is 56.4 Å². The van der Waals surface area contributed by atoms with Crippen LogP contribution in [0.1, 0.15) is 29.1 Å². The van der Waals surface area contributed by atoms with Gasteiger partial charge in [-0.15, -0.1) is 11.3 Å². The lowest BCUT2D eigenvalue weighted by atomic mass is 10.2. The van der Waals surface area contributed by atoms with Crippen molar-refractivity contribution < 1.29 is 22.7 Å². The highest BCUT2D eigenvalue weighted by Crippen LogP contribution is 2.24. The zero-order valence-electron chi connectivity index (χ0n) is 16.7. The van der Waals surface area contributed by atoms with Crippen molar-refractivity contribution in [2.75, 3.05) is 26.7 Å². The van der Waals surface area contributed by atoms with Gasteiger partial charge >= 0.3 is 5.97 Å². The molecule has 11 heteroatoms. The minimum atomic E-state index is -3.77. The summed E-state index contributed by atoms with van der Waals surface area (Å²) in [4.78, 5) is 26.9. The summed E-state index contributed by atoms with van der Waals surface area (Å²) in [5, 5.41) is 0.0347. The second kappa shape index (κ2) is 10.6. The third-order valence-corrected chi connectivity index (χ3v) is 7.87. The van der Waals surface area contributed by atoms with Crippen molar-refractivity contribution in [3.05, 3.63) is 50.1 Å². The standard InChI is InChI=1S/C19H22Cl2N2O5S2/c1-4-23(5-2)30(26,27)14-7-8-16(20)15(10-14)19(25)28-12-18(24)22(3)11-13-6-9-17(21)29-13/h6-10H,4-5,11-12H2,1-3H3. The molecule has 0 radical (unpaired) electrons. The molecule has 2 rings (SSSR count). The number of hydrogen-bond acceptors (Lipinski definition) is 6. The minimum Gasteiger partial charge on any atom is -0.452 e. The number of hydrogen-bond donors (Lipinski definition) is 0. The SMILES string of the molecule is CCN(CC)S(=O)(=O)c1ccc(Cl)c(C(=O)OCC(=O)N(C)Cc2ccc(Cl)s2)c1. The molecule has 1 heterocycles. The predicted molar refractivity (Wildman–Crippen MR) is 118 cm³/mol. The summed E-state index contributed by atoms with van der Waals surface area (Å²) < 4.78 is 32.3. The van der Waals surface area contributed by atoms with E-state index in [4.69, 9.17) is 27.9 Å². The summed E-state index contributed by atoms with van der Waals surface area (Å²) >= 11 is 13.3. The summed E-state index contributed by atoms with van der Waals surface area (Å²) in [6.45, 7) is 3.84. The Morgan fingerprint density at radius 2 is 1.77 bits per heavy atom. The highest BCUT2D eigenvalue weighted by atomic mass is 35.5. The van der Waals surface area contributed by atoms with Gasteiger partial charge in [-0.25, -0.2) is 13.2 Å². The third-order valence-electron chi connectivity index (χ3n) is 4.28. The van der Waals surface area contributed by atoms with Crippen LogP contribution in [-0.2, 0) is 26.1 Å². The van der Waals surface area contributed by atoms with Crippen molar-refractivity contribution in [3.8, 4) is 0 Å². The number of ether oxygens (including phenoxy) is 1. The van der Waals surface area contributed by atoms with Crippen LogP contribution >= 0.6 is 34.5 Å². The first-order chi connectivity index (χ1) is 14.1. The molecule has 0 bridgehead atoms. The predicted octanol–water partition coefficient (Wildman–Crippen LogP) is 3.90. The monoisotopic (exact) mass is 492 g/mol. The molecule has 0 N–H and O–H groups in total. The van der Waals surface area contributed by atoms with Gasteiger partial charge in [-0.2, -0.15) is 4.31 Å². The van der Waals surface area contributed by atoms with E-state index < -0.39 is 28.5 Å². The highest BCUT2D eigenvalue weighted by molar-refractivity contribution is 7.89. The summed E-state index contributed by atoms with van der Waals surface area (Å²) in [7, 11) is -2.19. The van der Waals surface area contributed by atoms with Gasteiger partial charge in [-0.05, 0) is 30.3 Å². The first-order valence-corrected chi connectivity index (χ1v) is 12.1. The topological polar surface area (TPSA) is 84.0 Å². The Morgan fingerprint density at radius 3 is 2.33 bits per heavy atom. The van der Waals surface area contributed by atoms with Crippen LogP contribution < -0.4 is 0 Å². The molecule has 7 nitrogen and oxygen atoms in total. The van der Waals surface area contributed by atoms with Crippen LogP contribution in [0.4, 0.5) is 0 Å². The van der Waals surface area contributed by atoms with Gasteiger partial charge in [0.2, 0.25) is 10.0 Å². The number of thiophene rings is 1. The maximum atomic E-state index is 12.7. The molecule has 0 unspecified atom stereocenters. The zero-order chi connectivity index (χ0) is 22.5. The molecule has 2 aromatic rings. The molecular weight excluding hydrogens is 471 g/mol. The van der Waals surface area contributed by atoms with E-state index in [1.54, 1.807) is 27.0 Å². The van der Waals surface area contributed by atoms with Gasteiger partial charge in [0.1, 0.15) is 0 Å². The summed E-state index contributed by atoms with van der Waals surface area (Å²) in [6, 6.07) is 7.37. The number of nitrogens with zero attached hydrogens (tertiary/aromatic N) is 2. The Hall–Kier alpha value is -1.65. The molecule has 0 atom stereocenters. The van der Waals surface area contributed by atoms with Crippen LogP contribution in [0.15, 0.2) is 35.2 Å². The van der Waals surface area contributed by atoms with E-state index in [-0.39, 0.29) is 28.6 Å². The Morgan fingerprint density at radius 1 is 1.10 bits per heavy atom. The average molecular weight is 493 g/mol. The van der Waals surface area contributed by atoms with Gasteiger partial charge in [-0.1, -0.05) is 37.0 Å². The number of likely N-dealkylation sites (N-methyl/N-ethyl adjacent to an activating group) is 1. The van der Waals surface area contributed by atoms with Crippen LogP contribution in [0.25, 0.3) is 0 Å². The lowest BCUT2D eigenvalue weighted by molar-refractivity contribution is -0.133. The molecular formula is C19H22Cl2N2O5S2. The molecule has 30 heavy (non-hydrogen) atoms. The number of carbonyl (C=O) groups excluding carboxylic acids is 2. The van der Waals surface area contributed by atoms with E-state index in [2.05, 4.69) is 0 Å². The average Bonchev–Trinajstić information content (AvgIpc) is 3.11. The maximum Gasteiger partial charge on any atom is 0.340 e. The van der Waals surface area contributed by atoms with E-state index in [1.165, 1.54) is 38.7 Å². The number of halogens is 2. The molecule has 1 amide bonds. The Labute approximate surface area is 190 Å². The quantitative estimate of drug-likeness (QED) is 0.495. The van der Waals surface area contributed by atoms with Crippen LogP contribution in [-0.4, -0.2) is 56.2 Å². The first-order valence-electron chi connectivity index (χ1n) is 9.05. The molecule has 0 aliphatic rings. The second-order valence-corrected chi connectivity index (χ2v) is 10.4. The fourth-order valence-electron chi connectivity index (χ4n) is 2.61. The van der Waals surface area contributed by atoms with E-state index in [0.717, 1.165) is 4.88 Å². The normalized spacial score (nSPS) is 11.5. The number of amides is 1. The van der Waals surface area contributed by atoms with E-state index in [0.29, 0.717) is 10.9 Å². The maximum absolute atomic E-state index is 12.7. The third kappa shape index (κ3) is 5.95. The van der Waals surface area contributed by atoms with Crippen molar-refractivity contribution in [2.24, 2.45) is 0 Å². The van der Waals surface area contributed by atoms with E-state index >= 15 is 0 Å². The fraction of sp³-hybridized carbons (Fsp3) is 0.368. The summed E-state index contributed by atoms with van der Waals surface area (Å²) in [6.07, 6.45) is 0. The van der Waals surface area contributed by atoms with Crippen LogP contribution in [0, 0.1) is 0 Å². The zero-order valence-corrected chi connectivity index (χ0v) is 19.9. The van der Waals surface area contributed by atoms with Crippen molar-refractivity contribution in [2.45, 2.75) is 25.3 Å². The highest BCUT2D eigenvalue weighted by Gasteiger charge is 2.24. The summed E-state index contributed by atoms with van der Waals surface area (Å²) in [5.41, 5.74) is -0.120. The van der Waals surface area contributed by atoms with E-state index in [9.17, 15) is 18.0 Å². The van der Waals surface area contributed by atoms with Crippen LogP contribution in [0.3, 0.4) is 0 Å². The lowest BCUT2D eigenvalue weighted by Crippen LogP contribution is -2.31. The number of carbonyl (C=O) groups is 2. The van der Waals surface area contributed by atoms with Gasteiger partial charge in [0.15, 0.2) is 6.61 Å². The molecule has 1 aromatic carbocycles. The van der Waals surface area contributed by atoms with Gasteiger partial charge in [-0.3, -0.25) is 4.79 Å². The fourth-order valence-corrected chi connectivity index (χ4v) is 5.43. The van der Waals surface area contributed by atoms with Crippen LogP contribution in [0.5, 0.6) is 0 Å². The van der Waals surface area contributed by atoms with Gasteiger partial charge in [0, 0.05) is 25.0 Å². The molecule has 0 fully saturated rings. The molecule has 0 aliphatic carbocycles. The second-order valence-electron chi connectivity index (χ2n) is 6.26. The van der Waals surface area contributed by atoms with Crippen LogP contribution in [0.2, 0.25) is 9.36 Å². The number of benzene rings is 1. The van der Waals surface area contributed by atoms with E-state index in [1.807, 2.05) is 6.07 Å². The molecule has 0 saturated carbocycles. The molecule has 0 saturated heterocycles. The molecule has 1 aromatic heterocycles. The molecule has 164 valence electrons. The number of rotatable bonds is 9. The minimum absolute atomic E-state index is 0.0347. The van der Waals surface area contributed by atoms with Crippen molar-refractivity contribution in [1.82, 2.24) is 9.21 Å². The largest absolute Gasteiger partial charge is 0.452 e. The number of sulfonamides is 1. The molecule has 0 spiro atoms. The molecule has 0 aliphatic heterocycles. The summed E-state index contributed by atoms with van der Waals surface area (Å²) in [5.74, 6) is -1.30. The Kier molecular flexibility index (Phi) is 8.69. The van der Waals surface area contributed by atoms with Gasteiger partial charge in [0.25, 0.3) is 5.91 Å². The van der Waals surface area contributed by atoms with Gasteiger partial charge in [0.05, 0.1) is 26.4 Å². The number of esters is 1. The Balaban J connectivity index is 2.08.